The summed E-state index contributed by atoms with van der Waals surface area (Å²) in [6.45, 7) is 2.35. The number of carboxylic acid groups (broad SMARTS) is 1. The Morgan fingerprint density at radius 2 is 1.86 bits per heavy atom. The van der Waals surface area contributed by atoms with Gasteiger partial charge in [-0.3, -0.25) is 4.98 Å². The van der Waals surface area contributed by atoms with Crippen molar-refractivity contribution < 1.29 is 18.3 Å². The highest BCUT2D eigenvalue weighted by Gasteiger charge is 2.25. The van der Waals surface area contributed by atoms with Crippen LogP contribution in [-0.4, -0.2) is 48.8 Å². The van der Waals surface area contributed by atoms with Crippen molar-refractivity contribution in [1.29, 1.82) is 0 Å². The summed E-state index contributed by atoms with van der Waals surface area (Å²) in [5.41, 5.74) is 3.16. The number of benzene rings is 1. The van der Waals surface area contributed by atoms with Crippen LogP contribution in [0.2, 0.25) is 0 Å². The van der Waals surface area contributed by atoms with Crippen molar-refractivity contribution in [2.24, 2.45) is 0 Å². The van der Waals surface area contributed by atoms with Crippen LogP contribution in [0.4, 0.5) is 4.79 Å². The van der Waals surface area contributed by atoms with Crippen LogP contribution in [0.15, 0.2) is 47.5 Å². The molecule has 7 nitrogen and oxygen atoms in total. The standard InChI is InChI=1S/C20H25N3O4S/c1-28(26,27)18-6-4-15(5-7-18)13-21-14-17-3-2-10-22-19(17)16-8-11-23(12-9-16)20(24)25/h2-7,10,16,21H,8-9,11-14H2,1H3,(H,24,25). The molecule has 1 aliphatic heterocycles. The van der Waals surface area contributed by atoms with E-state index in [1.807, 2.05) is 24.3 Å². The van der Waals surface area contributed by atoms with Crippen LogP contribution >= 0.6 is 0 Å². The molecule has 1 aliphatic rings. The molecule has 2 heterocycles. The number of amides is 1. The molecular formula is C20H25N3O4S. The van der Waals surface area contributed by atoms with Gasteiger partial charge in [-0.05, 0) is 42.2 Å². The summed E-state index contributed by atoms with van der Waals surface area (Å²) >= 11 is 0. The average Bonchev–Trinajstić information content (AvgIpc) is 2.68. The Labute approximate surface area is 165 Å². The van der Waals surface area contributed by atoms with Gasteiger partial charge in [-0.1, -0.05) is 18.2 Å². The number of likely N-dealkylation sites (tertiary alicyclic amines) is 1. The topological polar surface area (TPSA) is 99.6 Å². The molecule has 0 radical (unpaired) electrons. The van der Waals surface area contributed by atoms with E-state index < -0.39 is 15.9 Å². The van der Waals surface area contributed by atoms with Crippen molar-refractivity contribution in [3.8, 4) is 0 Å². The Hall–Kier alpha value is -2.45. The lowest BCUT2D eigenvalue weighted by atomic mass is 9.90. The maximum Gasteiger partial charge on any atom is 0.407 e. The maximum absolute atomic E-state index is 11.5. The van der Waals surface area contributed by atoms with Crippen LogP contribution in [-0.2, 0) is 22.9 Å². The Kier molecular flexibility index (Phi) is 6.31. The summed E-state index contributed by atoms with van der Waals surface area (Å²) in [6.07, 6.45) is 3.69. The number of rotatable bonds is 6. The van der Waals surface area contributed by atoms with E-state index in [-0.39, 0.29) is 5.92 Å². The van der Waals surface area contributed by atoms with Crippen LogP contribution in [0.25, 0.3) is 0 Å². The molecule has 1 saturated heterocycles. The monoisotopic (exact) mass is 403 g/mol. The van der Waals surface area contributed by atoms with E-state index in [9.17, 15) is 13.2 Å². The highest BCUT2D eigenvalue weighted by Crippen LogP contribution is 2.29. The van der Waals surface area contributed by atoms with Crippen molar-refractivity contribution in [2.45, 2.75) is 36.7 Å². The maximum atomic E-state index is 11.5. The second-order valence-electron chi connectivity index (χ2n) is 7.11. The number of aromatic nitrogens is 1. The first-order valence-corrected chi connectivity index (χ1v) is 11.1. The van der Waals surface area contributed by atoms with Crippen LogP contribution in [0.5, 0.6) is 0 Å². The molecule has 2 aromatic rings. The number of carbonyl (C=O) groups is 1. The SMILES string of the molecule is CS(=O)(=O)c1ccc(CNCc2cccnc2C2CCN(C(=O)O)CC2)cc1. The van der Waals surface area contributed by atoms with Crippen molar-refractivity contribution in [2.75, 3.05) is 19.3 Å². The van der Waals surface area contributed by atoms with Gasteiger partial charge >= 0.3 is 6.09 Å². The predicted molar refractivity (Wildman–Crippen MR) is 106 cm³/mol. The van der Waals surface area contributed by atoms with Gasteiger partial charge in [-0.25, -0.2) is 13.2 Å². The van der Waals surface area contributed by atoms with Crippen LogP contribution in [0.3, 0.4) is 0 Å². The molecule has 1 fully saturated rings. The Bertz CT molecular complexity index is 921. The largest absolute Gasteiger partial charge is 0.465 e. The zero-order valence-corrected chi connectivity index (χ0v) is 16.7. The van der Waals surface area contributed by atoms with Gasteiger partial charge < -0.3 is 15.3 Å². The molecule has 0 spiro atoms. The van der Waals surface area contributed by atoms with Gasteiger partial charge in [0, 0.05) is 50.2 Å². The first kappa shape index (κ1) is 20.3. The Balaban J connectivity index is 1.59. The first-order chi connectivity index (χ1) is 13.3. The fraction of sp³-hybridized carbons (Fsp3) is 0.400. The smallest absolute Gasteiger partial charge is 0.407 e. The second kappa shape index (κ2) is 8.70. The summed E-state index contributed by atoms with van der Waals surface area (Å²) in [6, 6.07) is 10.8. The van der Waals surface area contributed by atoms with E-state index in [4.69, 9.17) is 5.11 Å². The normalized spacial score (nSPS) is 15.5. The number of nitrogens with one attached hydrogen (secondary N) is 1. The molecule has 1 aromatic carbocycles. The highest BCUT2D eigenvalue weighted by atomic mass is 32.2. The minimum atomic E-state index is -3.18. The molecule has 8 heteroatoms. The number of sulfone groups is 1. The second-order valence-corrected chi connectivity index (χ2v) is 9.13. The fourth-order valence-electron chi connectivity index (χ4n) is 3.51. The molecule has 0 atom stereocenters. The number of nitrogens with zero attached hydrogens (tertiary/aromatic N) is 2. The molecule has 1 aromatic heterocycles. The average molecular weight is 404 g/mol. The number of pyridine rings is 1. The van der Waals surface area contributed by atoms with E-state index in [2.05, 4.69) is 10.3 Å². The molecule has 1 amide bonds. The fourth-order valence-corrected chi connectivity index (χ4v) is 4.14. The number of hydrogen-bond donors (Lipinski definition) is 2. The molecule has 150 valence electrons. The summed E-state index contributed by atoms with van der Waals surface area (Å²) in [7, 11) is -3.18. The van der Waals surface area contributed by atoms with Crippen molar-refractivity contribution in [3.05, 3.63) is 59.4 Å². The van der Waals surface area contributed by atoms with Gasteiger partial charge in [0.15, 0.2) is 9.84 Å². The number of hydrogen-bond acceptors (Lipinski definition) is 5. The van der Waals surface area contributed by atoms with E-state index in [0.29, 0.717) is 31.1 Å². The first-order valence-electron chi connectivity index (χ1n) is 9.26. The minimum Gasteiger partial charge on any atom is -0.465 e. The van der Waals surface area contributed by atoms with Crippen LogP contribution in [0.1, 0.15) is 35.6 Å². The molecular weight excluding hydrogens is 378 g/mol. The van der Waals surface area contributed by atoms with E-state index in [1.54, 1.807) is 18.3 Å². The Morgan fingerprint density at radius 3 is 2.46 bits per heavy atom. The van der Waals surface area contributed by atoms with Crippen molar-refractivity contribution in [3.63, 3.8) is 0 Å². The predicted octanol–water partition coefficient (Wildman–Crippen LogP) is 2.63. The third-order valence-electron chi connectivity index (χ3n) is 5.07. The van der Waals surface area contributed by atoms with E-state index in [1.165, 1.54) is 11.2 Å². The van der Waals surface area contributed by atoms with Crippen LogP contribution in [0, 0.1) is 0 Å². The molecule has 0 saturated carbocycles. The van der Waals surface area contributed by atoms with Gasteiger partial charge in [0.1, 0.15) is 0 Å². The molecule has 0 unspecified atom stereocenters. The van der Waals surface area contributed by atoms with Crippen LogP contribution < -0.4 is 5.32 Å². The highest BCUT2D eigenvalue weighted by molar-refractivity contribution is 7.90. The zero-order valence-electron chi connectivity index (χ0n) is 15.8. The van der Waals surface area contributed by atoms with Gasteiger partial charge in [-0.15, -0.1) is 0 Å². The van der Waals surface area contributed by atoms with Crippen molar-refractivity contribution >= 4 is 15.9 Å². The quantitative estimate of drug-likeness (QED) is 0.769. The van der Waals surface area contributed by atoms with E-state index in [0.717, 1.165) is 29.7 Å². The van der Waals surface area contributed by atoms with Gasteiger partial charge in [0.2, 0.25) is 0 Å². The van der Waals surface area contributed by atoms with Gasteiger partial charge in [0.05, 0.1) is 4.90 Å². The summed E-state index contributed by atoms with van der Waals surface area (Å²) in [5, 5.41) is 12.5. The summed E-state index contributed by atoms with van der Waals surface area (Å²) in [4.78, 5) is 17.4. The lowest BCUT2D eigenvalue weighted by Crippen LogP contribution is -2.37. The number of piperidine rings is 1. The summed E-state index contributed by atoms with van der Waals surface area (Å²) < 4.78 is 23.1. The lowest BCUT2D eigenvalue weighted by molar-refractivity contribution is 0.131. The third-order valence-corrected chi connectivity index (χ3v) is 6.20. The summed E-state index contributed by atoms with van der Waals surface area (Å²) in [5.74, 6) is 0.266. The van der Waals surface area contributed by atoms with E-state index >= 15 is 0 Å². The Morgan fingerprint density at radius 1 is 1.18 bits per heavy atom. The molecule has 0 aliphatic carbocycles. The third kappa shape index (κ3) is 5.08. The van der Waals surface area contributed by atoms with Gasteiger partial charge in [-0.2, -0.15) is 0 Å². The van der Waals surface area contributed by atoms with Gasteiger partial charge in [0.25, 0.3) is 0 Å². The molecule has 3 rings (SSSR count). The van der Waals surface area contributed by atoms with Crippen molar-refractivity contribution in [1.82, 2.24) is 15.2 Å². The lowest BCUT2D eigenvalue weighted by Gasteiger charge is -2.30. The molecule has 0 bridgehead atoms. The zero-order chi connectivity index (χ0) is 20.1. The molecule has 28 heavy (non-hydrogen) atoms. The minimum absolute atomic E-state index is 0.266. The molecule has 2 N–H and O–H groups in total.